The van der Waals surface area contributed by atoms with Gasteiger partial charge in [-0.15, -0.1) is 0 Å². The van der Waals surface area contributed by atoms with Crippen LogP contribution in [0.4, 0.5) is 11.5 Å². The Bertz CT molecular complexity index is 835. The summed E-state index contributed by atoms with van der Waals surface area (Å²) in [7, 11) is 0. The zero-order valence-electron chi connectivity index (χ0n) is 11.8. The highest BCUT2D eigenvalue weighted by Crippen LogP contribution is 2.21. The molecule has 0 unspecified atom stereocenters. The molecular weight excluding hydrogens is 362 g/mol. The van der Waals surface area contributed by atoms with Crippen LogP contribution in [0.5, 0.6) is 0 Å². The molecule has 0 aliphatic heterocycles. The van der Waals surface area contributed by atoms with Crippen LogP contribution in [0.1, 0.15) is 10.4 Å². The van der Waals surface area contributed by atoms with E-state index < -0.39 is 0 Å². The van der Waals surface area contributed by atoms with E-state index in [0.29, 0.717) is 21.7 Å². The van der Waals surface area contributed by atoms with Gasteiger partial charge in [0.2, 0.25) is 0 Å². The molecule has 1 aromatic carbocycles. The highest BCUT2D eigenvalue weighted by Gasteiger charge is 2.12. The SMILES string of the molecule is Nc1c(NNC(=O)c2ccccc2Br)ncnc1-n1ccnc1. The molecule has 0 spiro atoms. The molecule has 0 fully saturated rings. The number of hydrogen-bond acceptors (Lipinski definition) is 6. The van der Waals surface area contributed by atoms with Gasteiger partial charge in [0.1, 0.15) is 18.3 Å². The van der Waals surface area contributed by atoms with Gasteiger partial charge in [-0.2, -0.15) is 0 Å². The third-order valence-corrected chi connectivity index (χ3v) is 3.72. The standard InChI is InChI=1S/C14H12BrN7O/c15-10-4-2-1-3-9(10)14(23)21-20-12-11(16)13(19-7-18-12)22-6-5-17-8-22/h1-8H,16H2,(H,21,23)(H,18,19,20). The van der Waals surface area contributed by atoms with Crippen molar-refractivity contribution < 1.29 is 4.79 Å². The van der Waals surface area contributed by atoms with Crippen molar-refractivity contribution in [2.75, 3.05) is 11.2 Å². The lowest BCUT2D eigenvalue weighted by Gasteiger charge is -2.12. The molecule has 3 aromatic rings. The molecule has 1 amide bonds. The quantitative estimate of drug-likeness (QED) is 0.601. The third-order valence-electron chi connectivity index (χ3n) is 3.02. The van der Waals surface area contributed by atoms with E-state index >= 15 is 0 Å². The molecule has 0 saturated heterocycles. The van der Waals surface area contributed by atoms with Crippen LogP contribution in [0.2, 0.25) is 0 Å². The molecule has 0 saturated carbocycles. The van der Waals surface area contributed by atoms with E-state index in [-0.39, 0.29) is 11.6 Å². The number of nitrogens with two attached hydrogens (primary N) is 1. The minimum Gasteiger partial charge on any atom is -0.393 e. The number of imidazole rings is 1. The fourth-order valence-corrected chi connectivity index (χ4v) is 2.37. The molecule has 0 aliphatic rings. The number of hydrazine groups is 1. The Morgan fingerprint density at radius 1 is 1.26 bits per heavy atom. The number of anilines is 2. The lowest BCUT2D eigenvalue weighted by atomic mass is 10.2. The molecule has 4 N–H and O–H groups in total. The van der Waals surface area contributed by atoms with Crippen LogP contribution in [0.25, 0.3) is 5.82 Å². The van der Waals surface area contributed by atoms with Crippen molar-refractivity contribution in [3.05, 3.63) is 59.3 Å². The number of nitrogen functional groups attached to an aromatic ring is 1. The van der Waals surface area contributed by atoms with Crippen LogP contribution in [0, 0.1) is 0 Å². The number of nitrogens with one attached hydrogen (secondary N) is 2. The number of hydrogen-bond donors (Lipinski definition) is 3. The zero-order chi connectivity index (χ0) is 16.2. The molecule has 2 aromatic heterocycles. The number of carbonyl (C=O) groups is 1. The summed E-state index contributed by atoms with van der Waals surface area (Å²) in [5.74, 6) is 0.443. The van der Waals surface area contributed by atoms with Crippen molar-refractivity contribution >= 4 is 33.3 Å². The maximum atomic E-state index is 12.2. The monoisotopic (exact) mass is 373 g/mol. The van der Waals surface area contributed by atoms with Crippen LogP contribution in [-0.2, 0) is 0 Å². The fraction of sp³-hybridized carbons (Fsp3) is 0. The van der Waals surface area contributed by atoms with Crippen molar-refractivity contribution in [1.82, 2.24) is 24.9 Å². The molecule has 0 atom stereocenters. The van der Waals surface area contributed by atoms with Crippen molar-refractivity contribution in [2.45, 2.75) is 0 Å². The Balaban J connectivity index is 1.78. The first-order valence-corrected chi connectivity index (χ1v) is 7.36. The van der Waals surface area contributed by atoms with Gasteiger partial charge < -0.3 is 5.73 Å². The predicted octanol–water partition coefficient (Wildman–Crippen LogP) is 1.76. The number of carbonyl (C=O) groups excluding carboxylic acids is 1. The molecule has 116 valence electrons. The fourth-order valence-electron chi connectivity index (χ4n) is 1.90. The highest BCUT2D eigenvalue weighted by atomic mass is 79.9. The van der Waals surface area contributed by atoms with E-state index in [9.17, 15) is 4.79 Å². The largest absolute Gasteiger partial charge is 0.393 e. The molecular formula is C14H12BrN7O. The number of rotatable bonds is 4. The molecule has 0 bridgehead atoms. The minimum atomic E-state index is -0.320. The van der Waals surface area contributed by atoms with Crippen LogP contribution < -0.4 is 16.6 Å². The van der Waals surface area contributed by atoms with Crippen LogP contribution >= 0.6 is 15.9 Å². The van der Waals surface area contributed by atoms with Gasteiger partial charge >= 0.3 is 0 Å². The lowest BCUT2D eigenvalue weighted by molar-refractivity contribution is 0.0962. The van der Waals surface area contributed by atoms with Gasteiger partial charge in [-0.05, 0) is 28.1 Å². The Hall–Kier alpha value is -2.94. The first kappa shape index (κ1) is 15.0. The topological polar surface area (TPSA) is 111 Å². The van der Waals surface area contributed by atoms with Crippen LogP contribution in [0.3, 0.4) is 0 Å². The van der Waals surface area contributed by atoms with E-state index in [1.807, 2.05) is 6.07 Å². The highest BCUT2D eigenvalue weighted by molar-refractivity contribution is 9.10. The zero-order valence-corrected chi connectivity index (χ0v) is 13.4. The first-order chi connectivity index (χ1) is 11.2. The molecule has 2 heterocycles. The van der Waals surface area contributed by atoms with Crippen LogP contribution in [-0.4, -0.2) is 25.4 Å². The Kier molecular flexibility index (Phi) is 4.20. The average molecular weight is 374 g/mol. The summed E-state index contributed by atoms with van der Waals surface area (Å²) in [6, 6.07) is 7.08. The number of halogens is 1. The van der Waals surface area contributed by atoms with E-state index in [1.165, 1.54) is 6.33 Å². The summed E-state index contributed by atoms with van der Waals surface area (Å²) in [5, 5.41) is 0. The molecule has 23 heavy (non-hydrogen) atoms. The lowest BCUT2D eigenvalue weighted by Crippen LogP contribution is -2.30. The summed E-state index contributed by atoms with van der Waals surface area (Å²) in [4.78, 5) is 24.2. The smallest absolute Gasteiger partial charge is 0.270 e. The average Bonchev–Trinajstić information content (AvgIpc) is 3.08. The van der Waals surface area contributed by atoms with Crippen molar-refractivity contribution in [3.8, 4) is 5.82 Å². The summed E-state index contributed by atoms with van der Waals surface area (Å²) < 4.78 is 2.34. The van der Waals surface area contributed by atoms with E-state index in [4.69, 9.17) is 5.73 Å². The van der Waals surface area contributed by atoms with Gasteiger partial charge in [0.25, 0.3) is 5.91 Å². The number of amides is 1. The van der Waals surface area contributed by atoms with Gasteiger partial charge in [0, 0.05) is 16.9 Å². The first-order valence-electron chi connectivity index (χ1n) is 6.56. The third kappa shape index (κ3) is 3.14. The number of benzene rings is 1. The molecule has 3 rings (SSSR count). The van der Waals surface area contributed by atoms with Gasteiger partial charge in [0.05, 0.1) is 5.56 Å². The second-order valence-corrected chi connectivity index (χ2v) is 5.34. The van der Waals surface area contributed by atoms with Crippen molar-refractivity contribution in [1.29, 1.82) is 0 Å². The summed E-state index contributed by atoms with van der Waals surface area (Å²) in [6.07, 6.45) is 6.24. The Morgan fingerprint density at radius 3 is 2.83 bits per heavy atom. The number of nitrogens with zero attached hydrogens (tertiary/aromatic N) is 4. The molecule has 0 radical (unpaired) electrons. The summed E-state index contributed by atoms with van der Waals surface area (Å²) >= 11 is 3.33. The molecule has 8 nitrogen and oxygen atoms in total. The van der Waals surface area contributed by atoms with E-state index in [1.54, 1.807) is 41.5 Å². The Labute approximate surface area is 139 Å². The molecule has 9 heteroatoms. The second kappa shape index (κ2) is 6.44. The maximum absolute atomic E-state index is 12.2. The Morgan fingerprint density at radius 2 is 2.09 bits per heavy atom. The minimum absolute atomic E-state index is 0.290. The summed E-state index contributed by atoms with van der Waals surface area (Å²) in [5.41, 5.74) is 12.1. The van der Waals surface area contributed by atoms with Crippen LogP contribution in [0.15, 0.2) is 53.8 Å². The van der Waals surface area contributed by atoms with Crippen molar-refractivity contribution in [3.63, 3.8) is 0 Å². The van der Waals surface area contributed by atoms with E-state index in [0.717, 1.165) is 0 Å². The van der Waals surface area contributed by atoms with Gasteiger partial charge in [-0.1, -0.05) is 12.1 Å². The molecule has 0 aliphatic carbocycles. The van der Waals surface area contributed by atoms with Gasteiger partial charge in [0.15, 0.2) is 11.6 Å². The van der Waals surface area contributed by atoms with E-state index in [2.05, 4.69) is 41.7 Å². The normalized spacial score (nSPS) is 10.3. The summed E-state index contributed by atoms with van der Waals surface area (Å²) in [6.45, 7) is 0. The predicted molar refractivity (Wildman–Crippen MR) is 88.8 cm³/mol. The van der Waals surface area contributed by atoms with Gasteiger partial charge in [-0.3, -0.25) is 20.2 Å². The van der Waals surface area contributed by atoms with Crippen molar-refractivity contribution in [2.24, 2.45) is 0 Å². The second-order valence-electron chi connectivity index (χ2n) is 4.49. The number of aromatic nitrogens is 4. The maximum Gasteiger partial charge on any atom is 0.270 e. The van der Waals surface area contributed by atoms with Gasteiger partial charge in [-0.25, -0.2) is 15.0 Å².